The molecule has 0 atom stereocenters. The van der Waals surface area contributed by atoms with Crippen molar-refractivity contribution in [1.82, 2.24) is 0 Å². The zero-order valence-corrected chi connectivity index (χ0v) is 51.4. The van der Waals surface area contributed by atoms with Crippen molar-refractivity contribution in [3.63, 3.8) is 0 Å². The third kappa shape index (κ3) is 8.03. The largest absolute Gasteiger partial charge is 0.309 e. The van der Waals surface area contributed by atoms with E-state index in [2.05, 4.69) is 308 Å². The predicted molar refractivity (Wildman–Crippen MR) is 372 cm³/mol. The number of rotatable bonds is 9. The Balaban J connectivity index is 0.832. The molecule has 86 heavy (non-hydrogen) atoms. The molecule has 2 nitrogen and oxygen atoms in total. The normalized spacial score (nSPS) is 13.5. The molecule has 0 aliphatic heterocycles. The van der Waals surface area contributed by atoms with E-state index in [0.717, 1.165) is 22.7 Å². The molecule has 2 aliphatic carbocycles. The van der Waals surface area contributed by atoms with Gasteiger partial charge in [0.25, 0.3) is 0 Å². The topological polar surface area (TPSA) is 6.48 Å². The fourth-order valence-corrected chi connectivity index (χ4v) is 16.9. The Morgan fingerprint density at radius 3 is 1.08 bits per heavy atom. The molecular formula is C82H64N2S2. The van der Waals surface area contributed by atoms with E-state index in [1.54, 1.807) is 0 Å². The molecule has 12 aromatic carbocycles. The molecule has 0 unspecified atom stereocenters. The quantitative estimate of drug-likeness (QED) is 0.142. The first-order valence-electron chi connectivity index (χ1n) is 30.1. The van der Waals surface area contributed by atoms with Crippen LogP contribution in [0.15, 0.2) is 243 Å². The number of hydrogen-bond acceptors (Lipinski definition) is 4. The van der Waals surface area contributed by atoms with Crippen LogP contribution in [0.2, 0.25) is 0 Å². The Labute approximate surface area is 512 Å². The van der Waals surface area contributed by atoms with Gasteiger partial charge in [-0.3, -0.25) is 0 Å². The van der Waals surface area contributed by atoms with Gasteiger partial charge in [0, 0.05) is 85.1 Å². The van der Waals surface area contributed by atoms with Gasteiger partial charge in [0.2, 0.25) is 0 Å². The van der Waals surface area contributed by atoms with E-state index in [9.17, 15) is 0 Å². The fraction of sp³-hybridized carbons (Fsp3) is 0.122. The molecule has 0 bridgehead atoms. The lowest BCUT2D eigenvalue weighted by atomic mass is 9.81. The van der Waals surface area contributed by atoms with Gasteiger partial charge in [0.15, 0.2) is 0 Å². The molecule has 0 saturated heterocycles. The average molecular weight is 1140 g/mol. The van der Waals surface area contributed by atoms with E-state index in [4.69, 9.17) is 0 Å². The monoisotopic (exact) mass is 1140 g/mol. The maximum atomic E-state index is 2.54. The van der Waals surface area contributed by atoms with E-state index >= 15 is 0 Å². The number of thiophene rings is 2. The van der Waals surface area contributed by atoms with Crippen LogP contribution in [0.5, 0.6) is 0 Å². The molecule has 0 amide bonds. The van der Waals surface area contributed by atoms with Gasteiger partial charge in [-0.05, 0) is 202 Å². The summed E-state index contributed by atoms with van der Waals surface area (Å²) in [5, 5.41) is 5.15. The Morgan fingerprint density at radius 2 is 0.640 bits per heavy atom. The summed E-state index contributed by atoms with van der Waals surface area (Å²) in [6.07, 6.45) is 0. The first-order valence-corrected chi connectivity index (χ1v) is 31.8. The van der Waals surface area contributed by atoms with Crippen LogP contribution in [-0.2, 0) is 10.8 Å². The molecule has 0 N–H and O–H groups in total. The zero-order valence-electron chi connectivity index (χ0n) is 49.8. The maximum Gasteiger partial charge on any atom is 0.0569 e. The minimum atomic E-state index is -0.122. The molecule has 2 heterocycles. The molecule has 414 valence electrons. The summed E-state index contributed by atoms with van der Waals surface area (Å²) >= 11 is 3.74. The molecule has 0 fully saturated rings. The van der Waals surface area contributed by atoms with Gasteiger partial charge in [0.1, 0.15) is 0 Å². The van der Waals surface area contributed by atoms with Crippen molar-refractivity contribution >= 4 is 97.1 Å². The van der Waals surface area contributed by atoms with Gasteiger partial charge < -0.3 is 9.80 Å². The van der Waals surface area contributed by atoms with Gasteiger partial charge >= 0.3 is 0 Å². The van der Waals surface area contributed by atoms with Crippen molar-refractivity contribution in [3.8, 4) is 55.6 Å². The number of hydrogen-bond donors (Lipinski definition) is 0. The van der Waals surface area contributed by atoms with Crippen LogP contribution in [0.4, 0.5) is 34.1 Å². The minimum absolute atomic E-state index is 0.122. The highest BCUT2D eigenvalue weighted by Gasteiger charge is 2.37. The van der Waals surface area contributed by atoms with E-state index in [1.165, 1.54) is 152 Å². The van der Waals surface area contributed by atoms with Crippen molar-refractivity contribution in [1.29, 1.82) is 0 Å². The second kappa shape index (κ2) is 19.6. The summed E-state index contributed by atoms with van der Waals surface area (Å²) < 4.78 is 5.20. The average Bonchev–Trinajstić information content (AvgIpc) is 1.92. The highest BCUT2D eigenvalue weighted by molar-refractivity contribution is 7.26. The lowest BCUT2D eigenvalue weighted by Crippen LogP contribution is -2.16. The maximum absolute atomic E-state index is 2.54. The third-order valence-electron chi connectivity index (χ3n) is 19.2. The predicted octanol–water partition coefficient (Wildman–Crippen LogP) is 24.2. The van der Waals surface area contributed by atoms with Crippen LogP contribution < -0.4 is 9.80 Å². The third-order valence-corrected chi connectivity index (χ3v) is 21.5. The smallest absolute Gasteiger partial charge is 0.0569 e. The van der Waals surface area contributed by atoms with Crippen molar-refractivity contribution in [2.24, 2.45) is 0 Å². The van der Waals surface area contributed by atoms with Gasteiger partial charge in [-0.2, -0.15) is 0 Å². The van der Waals surface area contributed by atoms with Gasteiger partial charge in [-0.1, -0.05) is 185 Å². The number of aryl methyl sites for hydroxylation is 4. The van der Waals surface area contributed by atoms with E-state index in [-0.39, 0.29) is 10.8 Å². The van der Waals surface area contributed by atoms with E-state index < -0.39 is 0 Å². The van der Waals surface area contributed by atoms with Crippen molar-refractivity contribution in [3.05, 3.63) is 287 Å². The van der Waals surface area contributed by atoms with E-state index in [1.807, 2.05) is 22.7 Å². The van der Waals surface area contributed by atoms with Gasteiger partial charge in [-0.25, -0.2) is 0 Å². The van der Waals surface area contributed by atoms with Crippen LogP contribution in [0.25, 0.3) is 96.0 Å². The zero-order chi connectivity index (χ0) is 58.3. The molecule has 0 spiro atoms. The molecular weight excluding hydrogens is 1080 g/mol. The number of anilines is 6. The van der Waals surface area contributed by atoms with Crippen LogP contribution in [-0.4, -0.2) is 0 Å². The van der Waals surface area contributed by atoms with E-state index in [0.29, 0.717) is 0 Å². The fourth-order valence-electron chi connectivity index (χ4n) is 14.8. The molecule has 2 aromatic heterocycles. The summed E-state index contributed by atoms with van der Waals surface area (Å²) in [5.74, 6) is 0. The van der Waals surface area contributed by atoms with Crippen molar-refractivity contribution < 1.29 is 0 Å². The first kappa shape index (κ1) is 52.3. The van der Waals surface area contributed by atoms with Crippen LogP contribution in [0, 0.1) is 27.7 Å². The van der Waals surface area contributed by atoms with Crippen LogP contribution >= 0.6 is 22.7 Å². The standard InChI is InChI=1S/C82H64N2S2/c1-49-19-17-25-59(55-31-37-63-61-21-9-13-27-69(61)81(5,6)71(63)45-55)79(49)83(57-35-41-77-67(47-57)65-23-11-15-29-75(65)85-77)73-39-33-53(43-51(73)3)54-34-40-74(52(4)44-54)84(58-36-42-78-68(48-58)66-24-12-16-30-76(66)86-78)80-50(2)20-18-26-60(80)56-32-38-64-62-22-10-14-28-70(62)82(7,8)72(64)46-56/h9-48H,1-8H3. The lowest BCUT2D eigenvalue weighted by molar-refractivity contribution is 0.660. The number of benzene rings is 12. The Kier molecular flexibility index (Phi) is 11.9. The highest BCUT2D eigenvalue weighted by Crippen LogP contribution is 2.55. The summed E-state index contributed by atoms with van der Waals surface area (Å²) in [7, 11) is 0. The summed E-state index contributed by atoms with van der Waals surface area (Å²) in [4.78, 5) is 5.09. The lowest BCUT2D eigenvalue weighted by Gasteiger charge is -2.32. The molecule has 0 saturated carbocycles. The number of nitrogens with zero attached hydrogens (tertiary/aromatic N) is 2. The molecule has 16 rings (SSSR count). The SMILES string of the molecule is Cc1cc(-c2ccc(N(c3ccc4sc5ccccc5c4c3)c3c(C)cccc3-c3ccc4c(c3)C(C)(C)c3ccccc3-4)c(C)c2)ccc1N(c1ccc2sc3ccccc3c2c1)c1c(C)cccc1-c1ccc2c(c1)C(C)(C)c1ccccc1-2. The van der Waals surface area contributed by atoms with Gasteiger partial charge in [-0.15, -0.1) is 22.7 Å². The Bertz CT molecular complexity index is 4820. The van der Waals surface area contributed by atoms with Crippen molar-refractivity contribution in [2.75, 3.05) is 9.80 Å². The summed E-state index contributed by atoms with van der Waals surface area (Å²) in [6, 6.07) is 92.0. The van der Waals surface area contributed by atoms with Crippen LogP contribution in [0.3, 0.4) is 0 Å². The molecule has 2 aliphatic rings. The second-order valence-corrected chi connectivity index (χ2v) is 27.2. The number of para-hydroxylation sites is 2. The summed E-state index contributed by atoms with van der Waals surface area (Å²) in [6.45, 7) is 18.7. The first-order chi connectivity index (χ1) is 41.8. The number of fused-ring (bicyclic) bond motifs is 12. The summed E-state index contributed by atoms with van der Waals surface area (Å²) in [5.41, 5.74) is 29.6. The molecule has 4 heteroatoms. The molecule has 0 radical (unpaired) electrons. The Hall–Kier alpha value is -9.32. The van der Waals surface area contributed by atoms with Crippen molar-refractivity contribution in [2.45, 2.75) is 66.2 Å². The van der Waals surface area contributed by atoms with Crippen LogP contribution in [0.1, 0.15) is 72.2 Å². The molecule has 14 aromatic rings. The second-order valence-electron chi connectivity index (χ2n) is 25.0. The minimum Gasteiger partial charge on any atom is -0.309 e. The highest BCUT2D eigenvalue weighted by atomic mass is 32.1. The van der Waals surface area contributed by atoms with Gasteiger partial charge in [0.05, 0.1) is 11.4 Å². The Morgan fingerprint density at radius 1 is 0.267 bits per heavy atom.